The molecular formula is C18H30ClNO3. The van der Waals surface area contributed by atoms with E-state index in [4.69, 9.17) is 19.1 Å². The van der Waals surface area contributed by atoms with E-state index in [-0.39, 0.29) is 19.0 Å². The standard InChI is InChI=1S/C18H29NO3.ClH/c1-14(2)19-11-17(20)13-22-18-7-5-15(6-8-18)9-10-21-12-16-3-4-16;/h5-8,14,16-17,19-20H,3-4,9-13H2,1-2H3;1H/t17-;/m1./s1/i1D3,2D3,14D;. The molecule has 0 spiro atoms. The van der Waals surface area contributed by atoms with E-state index < -0.39 is 32.4 Å². The second-order valence-corrected chi connectivity index (χ2v) is 5.63. The summed E-state index contributed by atoms with van der Waals surface area (Å²) in [7, 11) is 0. The van der Waals surface area contributed by atoms with E-state index in [2.05, 4.69) is 5.32 Å². The summed E-state index contributed by atoms with van der Waals surface area (Å²) in [6, 6.07) is 4.45. The molecule has 1 aromatic rings. The third-order valence-electron chi connectivity index (χ3n) is 3.47. The normalized spacial score (nSPS) is 21.3. The molecule has 23 heavy (non-hydrogen) atoms. The molecule has 4 nitrogen and oxygen atoms in total. The van der Waals surface area contributed by atoms with Gasteiger partial charge in [-0.15, -0.1) is 12.4 Å². The molecule has 2 rings (SSSR count). The summed E-state index contributed by atoms with van der Waals surface area (Å²) < 4.78 is 62.9. The van der Waals surface area contributed by atoms with Crippen LogP contribution in [0.15, 0.2) is 24.3 Å². The van der Waals surface area contributed by atoms with Gasteiger partial charge in [0.1, 0.15) is 18.5 Å². The molecular weight excluding hydrogens is 314 g/mol. The second-order valence-electron chi connectivity index (χ2n) is 5.63. The van der Waals surface area contributed by atoms with E-state index in [0.29, 0.717) is 12.4 Å². The summed E-state index contributed by atoms with van der Waals surface area (Å²) in [5, 5.41) is 12.2. The van der Waals surface area contributed by atoms with Crippen molar-refractivity contribution in [2.75, 3.05) is 26.4 Å². The zero-order valence-corrected chi connectivity index (χ0v) is 13.9. The van der Waals surface area contributed by atoms with Gasteiger partial charge in [0.15, 0.2) is 0 Å². The zero-order valence-electron chi connectivity index (χ0n) is 20.1. The van der Waals surface area contributed by atoms with Crippen molar-refractivity contribution in [1.82, 2.24) is 5.32 Å². The molecule has 1 fully saturated rings. The highest BCUT2D eigenvalue weighted by atomic mass is 35.5. The number of hydrogen-bond donors (Lipinski definition) is 2. The van der Waals surface area contributed by atoms with Gasteiger partial charge >= 0.3 is 0 Å². The molecule has 0 radical (unpaired) electrons. The summed E-state index contributed by atoms with van der Waals surface area (Å²) in [5.41, 5.74) is 1.10. The van der Waals surface area contributed by atoms with Crippen LogP contribution >= 0.6 is 12.4 Å². The molecule has 1 aliphatic rings. The summed E-state index contributed by atoms with van der Waals surface area (Å²) in [4.78, 5) is 0. The van der Waals surface area contributed by atoms with Crippen LogP contribution in [0.4, 0.5) is 0 Å². The fourth-order valence-corrected chi connectivity index (χ4v) is 1.95. The van der Waals surface area contributed by atoms with E-state index in [9.17, 15) is 5.11 Å². The minimum atomic E-state index is -3.09. The monoisotopic (exact) mass is 350 g/mol. The summed E-state index contributed by atoms with van der Waals surface area (Å²) in [5.74, 6) is 1.27. The molecule has 5 heteroatoms. The number of nitrogens with one attached hydrogen (secondary N) is 1. The van der Waals surface area contributed by atoms with Gasteiger partial charge in [-0.05, 0) is 42.9 Å². The van der Waals surface area contributed by atoms with E-state index in [1.807, 2.05) is 12.1 Å². The van der Waals surface area contributed by atoms with Gasteiger partial charge in [0.2, 0.25) is 0 Å². The number of rotatable bonds is 11. The van der Waals surface area contributed by atoms with Crippen LogP contribution in [0.1, 0.15) is 41.7 Å². The molecule has 0 saturated heterocycles. The third kappa shape index (κ3) is 9.16. The van der Waals surface area contributed by atoms with Crippen molar-refractivity contribution in [3.8, 4) is 5.75 Å². The van der Waals surface area contributed by atoms with Gasteiger partial charge in [0.05, 0.1) is 6.61 Å². The highest BCUT2D eigenvalue weighted by Gasteiger charge is 2.20. The van der Waals surface area contributed by atoms with Gasteiger partial charge in [-0.25, -0.2) is 0 Å². The highest BCUT2D eigenvalue weighted by Crippen LogP contribution is 2.28. The fraction of sp³-hybridized carbons (Fsp3) is 0.667. The highest BCUT2D eigenvalue weighted by molar-refractivity contribution is 5.85. The topological polar surface area (TPSA) is 50.7 Å². The average molecular weight is 351 g/mol. The SMILES string of the molecule is Cl.[2H]C([2H])([2H])C([2H])(NC[C@@H](O)COc1ccc(CCOCC2CC2)cc1)C([2H])([2H])[2H]. The maximum absolute atomic E-state index is 10.00. The van der Waals surface area contributed by atoms with E-state index in [1.165, 1.54) is 12.8 Å². The Morgan fingerprint density at radius 2 is 2.09 bits per heavy atom. The first-order chi connectivity index (χ1) is 13.4. The number of hydrogen-bond acceptors (Lipinski definition) is 4. The lowest BCUT2D eigenvalue weighted by Gasteiger charge is -2.15. The lowest BCUT2D eigenvalue weighted by molar-refractivity contribution is 0.104. The molecule has 1 aromatic carbocycles. The molecule has 0 amide bonds. The maximum Gasteiger partial charge on any atom is 0.119 e. The number of halogens is 1. The Kier molecular flexibility index (Phi) is 5.53. The molecule has 1 saturated carbocycles. The van der Waals surface area contributed by atoms with Gasteiger partial charge in [0.25, 0.3) is 0 Å². The number of aliphatic hydroxyl groups excluding tert-OH is 1. The Morgan fingerprint density at radius 3 is 2.74 bits per heavy atom. The molecule has 132 valence electrons. The minimum Gasteiger partial charge on any atom is -0.491 e. The van der Waals surface area contributed by atoms with Crippen molar-refractivity contribution in [2.45, 2.75) is 45.1 Å². The van der Waals surface area contributed by atoms with Crippen LogP contribution < -0.4 is 10.1 Å². The van der Waals surface area contributed by atoms with E-state index in [0.717, 1.165) is 24.5 Å². The molecule has 2 N–H and O–H groups in total. The van der Waals surface area contributed by atoms with Gasteiger partial charge in [0, 0.05) is 28.8 Å². The lowest BCUT2D eigenvalue weighted by Crippen LogP contribution is -2.35. The Bertz CT molecular complexity index is 622. The summed E-state index contributed by atoms with van der Waals surface area (Å²) >= 11 is 0. The Balaban J connectivity index is 0.00000450. The van der Waals surface area contributed by atoms with E-state index in [1.54, 1.807) is 12.1 Å². The minimum absolute atomic E-state index is 0. The molecule has 0 bridgehead atoms. The van der Waals surface area contributed by atoms with Crippen LogP contribution in [0.25, 0.3) is 0 Å². The van der Waals surface area contributed by atoms with Gasteiger partial charge < -0.3 is 19.9 Å². The molecule has 0 aliphatic heterocycles. The second kappa shape index (κ2) is 10.9. The summed E-state index contributed by atoms with van der Waals surface area (Å²) in [6.07, 6.45) is 2.15. The summed E-state index contributed by atoms with van der Waals surface area (Å²) in [6.45, 7) is -5.25. The Hall–Kier alpha value is -0.810. The predicted octanol–water partition coefficient (Wildman–Crippen LogP) is 2.82. The van der Waals surface area contributed by atoms with Crippen LogP contribution in [0.5, 0.6) is 5.75 Å². The fourth-order valence-electron chi connectivity index (χ4n) is 1.95. The Morgan fingerprint density at radius 1 is 1.35 bits per heavy atom. The van der Waals surface area contributed by atoms with Gasteiger partial charge in [-0.3, -0.25) is 0 Å². The van der Waals surface area contributed by atoms with Gasteiger partial charge in [-0.1, -0.05) is 25.8 Å². The van der Waals surface area contributed by atoms with E-state index >= 15 is 0 Å². The van der Waals surface area contributed by atoms with Crippen molar-refractivity contribution in [3.05, 3.63) is 29.8 Å². The van der Waals surface area contributed by atoms with Crippen molar-refractivity contribution >= 4 is 12.4 Å². The van der Waals surface area contributed by atoms with Crippen LogP contribution in [-0.4, -0.2) is 43.6 Å². The Labute approximate surface area is 155 Å². The number of ether oxygens (including phenoxy) is 2. The molecule has 0 unspecified atom stereocenters. The first kappa shape index (κ1) is 11.7. The van der Waals surface area contributed by atoms with Crippen molar-refractivity contribution in [1.29, 1.82) is 0 Å². The van der Waals surface area contributed by atoms with Crippen LogP contribution in [0.3, 0.4) is 0 Å². The number of aliphatic hydroxyl groups is 1. The molecule has 1 atom stereocenters. The molecule has 0 aromatic heterocycles. The lowest BCUT2D eigenvalue weighted by atomic mass is 10.1. The van der Waals surface area contributed by atoms with Crippen molar-refractivity contribution in [2.24, 2.45) is 5.92 Å². The maximum atomic E-state index is 10.00. The van der Waals surface area contributed by atoms with Crippen LogP contribution in [-0.2, 0) is 11.2 Å². The van der Waals surface area contributed by atoms with Crippen molar-refractivity contribution < 1.29 is 24.2 Å². The number of benzene rings is 1. The quantitative estimate of drug-likeness (QED) is 0.602. The first-order valence-electron chi connectivity index (χ1n) is 11.1. The molecule has 1 aliphatic carbocycles. The van der Waals surface area contributed by atoms with Crippen LogP contribution in [0.2, 0.25) is 0 Å². The predicted molar refractivity (Wildman–Crippen MR) is 95.6 cm³/mol. The average Bonchev–Trinajstić information content (AvgIpc) is 3.45. The van der Waals surface area contributed by atoms with Crippen molar-refractivity contribution in [3.63, 3.8) is 0 Å². The zero-order chi connectivity index (χ0) is 21.7. The van der Waals surface area contributed by atoms with Crippen LogP contribution in [0, 0.1) is 5.92 Å². The third-order valence-corrected chi connectivity index (χ3v) is 3.47. The smallest absolute Gasteiger partial charge is 0.119 e. The first-order valence-corrected chi connectivity index (χ1v) is 7.65. The largest absolute Gasteiger partial charge is 0.491 e. The molecule has 0 heterocycles. The van der Waals surface area contributed by atoms with Gasteiger partial charge in [-0.2, -0.15) is 0 Å².